The fourth-order valence-electron chi connectivity index (χ4n) is 1.75. The zero-order valence-electron chi connectivity index (χ0n) is 10.8. The predicted octanol–water partition coefficient (Wildman–Crippen LogP) is 1.74. The van der Waals surface area contributed by atoms with Crippen LogP contribution in [0.5, 0.6) is 5.75 Å². The zero-order valence-corrected chi connectivity index (χ0v) is 10.8. The summed E-state index contributed by atoms with van der Waals surface area (Å²) in [7, 11) is 1.82. The van der Waals surface area contributed by atoms with Crippen molar-refractivity contribution in [1.82, 2.24) is 4.90 Å². The first-order chi connectivity index (χ1) is 8.58. The minimum absolute atomic E-state index is 0.0112. The second-order valence-electron chi connectivity index (χ2n) is 4.77. The van der Waals surface area contributed by atoms with Gasteiger partial charge in [-0.05, 0) is 37.5 Å². The molecule has 1 aromatic carbocycles. The Kier molecular flexibility index (Phi) is 3.87. The van der Waals surface area contributed by atoms with Crippen LogP contribution in [0.2, 0.25) is 0 Å². The highest BCUT2D eigenvalue weighted by Gasteiger charge is 2.29. The molecule has 0 unspecified atom stereocenters. The first-order valence-electron chi connectivity index (χ1n) is 6.24. The highest BCUT2D eigenvalue weighted by Crippen LogP contribution is 2.25. The molecule has 1 fully saturated rings. The number of ether oxygens (including phenoxy) is 1. The summed E-state index contributed by atoms with van der Waals surface area (Å²) in [5.41, 5.74) is 0.837. The van der Waals surface area contributed by atoms with Crippen LogP contribution < -0.4 is 4.74 Å². The maximum atomic E-state index is 11.7. The lowest BCUT2D eigenvalue weighted by Crippen LogP contribution is -2.33. The molecule has 0 bridgehead atoms. The number of carbonyl (C=O) groups excluding carboxylic acids is 1. The van der Waals surface area contributed by atoms with Crippen molar-refractivity contribution in [1.29, 1.82) is 0 Å². The second-order valence-corrected chi connectivity index (χ2v) is 4.77. The molecule has 0 heterocycles. The monoisotopic (exact) mass is 249 g/mol. The lowest BCUT2D eigenvalue weighted by atomic mass is 10.1. The first-order valence-corrected chi connectivity index (χ1v) is 6.24. The molecule has 0 aliphatic heterocycles. The van der Waals surface area contributed by atoms with E-state index in [1.807, 2.05) is 7.05 Å². The zero-order chi connectivity index (χ0) is 13.1. The number of likely N-dealkylation sites (N-methyl/N-ethyl adjacent to an activating group) is 1. The van der Waals surface area contributed by atoms with Gasteiger partial charge in [0.05, 0.1) is 6.10 Å². The van der Waals surface area contributed by atoms with Gasteiger partial charge in [-0.25, -0.2) is 0 Å². The molecular formula is C14H19NO3. The standard InChI is InChI=1S/C14H19NO3/c1-10(16)11-3-7-13(8-4-11)18-9-14(17)15(2)12-5-6-12/h3-4,7-8,10,12,16H,5-6,9H2,1-2H3/t10-/m1/s1. The predicted molar refractivity (Wildman–Crippen MR) is 68.4 cm³/mol. The van der Waals surface area contributed by atoms with Gasteiger partial charge in [-0.1, -0.05) is 12.1 Å². The topological polar surface area (TPSA) is 49.8 Å². The highest BCUT2D eigenvalue weighted by atomic mass is 16.5. The molecule has 2 rings (SSSR count). The molecule has 1 aliphatic rings. The molecule has 98 valence electrons. The van der Waals surface area contributed by atoms with Gasteiger partial charge in [0.25, 0.3) is 5.91 Å². The summed E-state index contributed by atoms with van der Waals surface area (Å²) >= 11 is 0. The van der Waals surface area contributed by atoms with E-state index in [2.05, 4.69) is 0 Å². The summed E-state index contributed by atoms with van der Waals surface area (Å²) in [5, 5.41) is 9.37. The van der Waals surface area contributed by atoms with Gasteiger partial charge < -0.3 is 14.7 Å². The average molecular weight is 249 g/mol. The molecule has 1 saturated carbocycles. The fraction of sp³-hybridized carbons (Fsp3) is 0.500. The van der Waals surface area contributed by atoms with E-state index in [4.69, 9.17) is 4.74 Å². The van der Waals surface area contributed by atoms with Crippen molar-refractivity contribution in [3.63, 3.8) is 0 Å². The van der Waals surface area contributed by atoms with E-state index in [0.29, 0.717) is 11.8 Å². The summed E-state index contributed by atoms with van der Waals surface area (Å²) < 4.78 is 5.43. The van der Waals surface area contributed by atoms with Crippen molar-refractivity contribution in [2.24, 2.45) is 0 Å². The lowest BCUT2D eigenvalue weighted by molar-refractivity contribution is -0.132. The lowest BCUT2D eigenvalue weighted by Gasteiger charge is -2.16. The van der Waals surface area contributed by atoms with Crippen LogP contribution in [0.15, 0.2) is 24.3 Å². The molecule has 0 spiro atoms. The maximum Gasteiger partial charge on any atom is 0.260 e. The number of benzene rings is 1. The van der Waals surface area contributed by atoms with Gasteiger partial charge >= 0.3 is 0 Å². The van der Waals surface area contributed by atoms with Gasteiger partial charge in [0.1, 0.15) is 5.75 Å². The minimum atomic E-state index is -0.485. The summed E-state index contributed by atoms with van der Waals surface area (Å²) in [5.74, 6) is 0.661. The van der Waals surface area contributed by atoms with Gasteiger partial charge in [-0.3, -0.25) is 4.79 Å². The van der Waals surface area contributed by atoms with Gasteiger partial charge in [-0.2, -0.15) is 0 Å². The van der Waals surface area contributed by atoms with E-state index in [1.165, 1.54) is 0 Å². The number of nitrogens with zero attached hydrogens (tertiary/aromatic N) is 1. The van der Waals surface area contributed by atoms with Gasteiger partial charge in [0.15, 0.2) is 6.61 Å². The van der Waals surface area contributed by atoms with Crippen molar-refractivity contribution >= 4 is 5.91 Å². The Morgan fingerprint density at radius 2 is 2.06 bits per heavy atom. The fourth-order valence-corrected chi connectivity index (χ4v) is 1.75. The van der Waals surface area contributed by atoms with E-state index < -0.39 is 6.10 Å². The Morgan fingerprint density at radius 1 is 1.44 bits per heavy atom. The number of hydrogen-bond acceptors (Lipinski definition) is 3. The Bertz CT molecular complexity index is 410. The van der Waals surface area contributed by atoms with Crippen molar-refractivity contribution < 1.29 is 14.6 Å². The largest absolute Gasteiger partial charge is 0.484 e. The third-order valence-corrected chi connectivity index (χ3v) is 3.21. The smallest absolute Gasteiger partial charge is 0.260 e. The second kappa shape index (κ2) is 5.40. The first kappa shape index (κ1) is 12.9. The van der Waals surface area contributed by atoms with Crippen LogP contribution in [0.1, 0.15) is 31.4 Å². The van der Waals surface area contributed by atoms with Crippen molar-refractivity contribution in [2.45, 2.75) is 31.9 Å². The molecule has 1 N–H and O–H groups in total. The van der Waals surface area contributed by atoms with Gasteiger partial charge in [-0.15, -0.1) is 0 Å². The van der Waals surface area contributed by atoms with E-state index in [1.54, 1.807) is 36.1 Å². The molecule has 4 nitrogen and oxygen atoms in total. The Morgan fingerprint density at radius 3 is 2.56 bits per heavy atom. The van der Waals surface area contributed by atoms with E-state index in [0.717, 1.165) is 18.4 Å². The van der Waals surface area contributed by atoms with E-state index in [-0.39, 0.29) is 12.5 Å². The third kappa shape index (κ3) is 3.23. The van der Waals surface area contributed by atoms with Crippen molar-refractivity contribution in [3.05, 3.63) is 29.8 Å². The molecule has 1 aromatic rings. The van der Waals surface area contributed by atoms with Gasteiger partial charge in [0, 0.05) is 13.1 Å². The van der Waals surface area contributed by atoms with Crippen LogP contribution in [-0.2, 0) is 4.79 Å². The van der Waals surface area contributed by atoms with Gasteiger partial charge in [0.2, 0.25) is 0 Å². The Hall–Kier alpha value is -1.55. The number of aliphatic hydroxyl groups excluding tert-OH is 1. The SMILES string of the molecule is C[C@@H](O)c1ccc(OCC(=O)N(C)C2CC2)cc1. The summed E-state index contributed by atoms with van der Waals surface area (Å²) in [4.78, 5) is 13.5. The molecule has 0 radical (unpaired) electrons. The average Bonchev–Trinajstić information content (AvgIpc) is 3.19. The molecule has 4 heteroatoms. The van der Waals surface area contributed by atoms with Crippen LogP contribution in [0.3, 0.4) is 0 Å². The van der Waals surface area contributed by atoms with Crippen LogP contribution in [0.4, 0.5) is 0 Å². The molecule has 0 saturated heterocycles. The molecule has 1 atom stereocenters. The van der Waals surface area contributed by atoms with E-state index in [9.17, 15) is 9.90 Å². The molecule has 1 amide bonds. The van der Waals surface area contributed by atoms with Crippen LogP contribution >= 0.6 is 0 Å². The van der Waals surface area contributed by atoms with E-state index >= 15 is 0 Å². The van der Waals surface area contributed by atoms with Crippen LogP contribution in [0.25, 0.3) is 0 Å². The van der Waals surface area contributed by atoms with Crippen molar-refractivity contribution in [3.8, 4) is 5.75 Å². The Balaban J connectivity index is 1.84. The summed E-state index contributed by atoms with van der Waals surface area (Å²) in [6.45, 7) is 1.78. The van der Waals surface area contributed by atoms with Crippen LogP contribution in [-0.4, -0.2) is 35.6 Å². The quantitative estimate of drug-likeness (QED) is 0.864. The molecule has 0 aromatic heterocycles. The number of aliphatic hydroxyl groups is 1. The summed E-state index contributed by atoms with van der Waals surface area (Å²) in [6, 6.07) is 7.56. The number of carbonyl (C=O) groups is 1. The molecular weight excluding hydrogens is 230 g/mol. The van der Waals surface area contributed by atoms with Crippen molar-refractivity contribution in [2.75, 3.05) is 13.7 Å². The molecule has 1 aliphatic carbocycles. The normalized spacial score (nSPS) is 16.2. The van der Waals surface area contributed by atoms with Crippen LogP contribution in [0, 0.1) is 0 Å². The number of hydrogen-bond donors (Lipinski definition) is 1. The summed E-state index contributed by atoms with van der Waals surface area (Å²) in [6.07, 6.45) is 1.72. The highest BCUT2D eigenvalue weighted by molar-refractivity contribution is 5.78. The molecule has 18 heavy (non-hydrogen) atoms. The number of amides is 1. The number of rotatable bonds is 5. The maximum absolute atomic E-state index is 11.7. The minimum Gasteiger partial charge on any atom is -0.484 e. The Labute approximate surface area is 107 Å². The third-order valence-electron chi connectivity index (χ3n) is 3.21.